The maximum Gasteiger partial charge on any atom is 0.418 e. The largest absolute Gasteiger partial charge is 0.418 e. The van der Waals surface area contributed by atoms with E-state index >= 15 is 0 Å². The van der Waals surface area contributed by atoms with Crippen LogP contribution in [0.25, 0.3) is 0 Å². The lowest BCUT2D eigenvalue weighted by Gasteiger charge is -2.20. The van der Waals surface area contributed by atoms with Gasteiger partial charge in [-0.05, 0) is 24.3 Å². The van der Waals surface area contributed by atoms with E-state index in [0.29, 0.717) is 11.0 Å². The summed E-state index contributed by atoms with van der Waals surface area (Å²) in [4.78, 5) is 35.2. The Labute approximate surface area is 142 Å². The Bertz CT molecular complexity index is 943. The molecular formula is C15H6ClF3N2O4. The van der Waals surface area contributed by atoms with Gasteiger partial charge >= 0.3 is 6.18 Å². The average Bonchev–Trinajstić information content (AvgIpc) is 2.77. The van der Waals surface area contributed by atoms with Crippen molar-refractivity contribution in [2.75, 3.05) is 4.90 Å². The lowest BCUT2D eigenvalue weighted by atomic mass is 10.1. The van der Waals surface area contributed by atoms with Gasteiger partial charge in [-0.25, -0.2) is 4.90 Å². The molecule has 0 bridgehead atoms. The number of carbonyl (C=O) groups is 2. The lowest BCUT2D eigenvalue weighted by Crippen LogP contribution is -2.31. The molecule has 0 radical (unpaired) electrons. The molecule has 2 aromatic rings. The number of rotatable bonds is 2. The summed E-state index contributed by atoms with van der Waals surface area (Å²) in [5.41, 5.74) is -2.96. The van der Waals surface area contributed by atoms with Crippen molar-refractivity contribution in [3.63, 3.8) is 0 Å². The predicted octanol–water partition coefficient (Wildman–Crippen LogP) is 4.07. The number of benzene rings is 2. The second kappa shape index (κ2) is 5.55. The van der Waals surface area contributed by atoms with E-state index in [4.69, 9.17) is 11.6 Å². The van der Waals surface area contributed by atoms with Crippen LogP contribution in [0.15, 0.2) is 36.4 Å². The van der Waals surface area contributed by atoms with Crippen molar-refractivity contribution in [2.45, 2.75) is 6.18 Å². The van der Waals surface area contributed by atoms with Crippen molar-refractivity contribution in [2.24, 2.45) is 0 Å². The highest BCUT2D eigenvalue weighted by molar-refractivity contribution is 6.36. The molecule has 0 saturated heterocycles. The highest BCUT2D eigenvalue weighted by Gasteiger charge is 2.43. The second-order valence-corrected chi connectivity index (χ2v) is 5.53. The van der Waals surface area contributed by atoms with Gasteiger partial charge in [0.1, 0.15) is 0 Å². The number of anilines is 1. The Hall–Kier alpha value is -2.94. The number of nitro groups is 1. The van der Waals surface area contributed by atoms with E-state index in [1.807, 2.05) is 0 Å². The Morgan fingerprint density at radius 1 is 1.00 bits per heavy atom. The number of amides is 2. The first-order chi connectivity index (χ1) is 11.6. The van der Waals surface area contributed by atoms with Crippen LogP contribution in [-0.4, -0.2) is 16.7 Å². The summed E-state index contributed by atoms with van der Waals surface area (Å²) in [6.45, 7) is 0. The first kappa shape index (κ1) is 16.9. The lowest BCUT2D eigenvalue weighted by molar-refractivity contribution is -0.384. The van der Waals surface area contributed by atoms with Gasteiger partial charge in [0.05, 0.1) is 27.3 Å². The van der Waals surface area contributed by atoms with E-state index in [-0.39, 0.29) is 16.1 Å². The summed E-state index contributed by atoms with van der Waals surface area (Å²) in [6, 6.07) is 5.37. The molecule has 0 aromatic heterocycles. The number of fused-ring (bicyclic) bond motifs is 1. The minimum absolute atomic E-state index is 0.106. The normalized spacial score (nSPS) is 14.0. The molecule has 2 amide bonds. The van der Waals surface area contributed by atoms with E-state index in [1.54, 1.807) is 0 Å². The van der Waals surface area contributed by atoms with Crippen LogP contribution in [0.3, 0.4) is 0 Å². The van der Waals surface area contributed by atoms with E-state index in [9.17, 15) is 32.9 Å². The van der Waals surface area contributed by atoms with Crippen LogP contribution in [0.1, 0.15) is 26.3 Å². The molecule has 0 spiro atoms. The highest BCUT2D eigenvalue weighted by atomic mass is 35.5. The van der Waals surface area contributed by atoms with Gasteiger partial charge in [0.25, 0.3) is 17.5 Å². The molecule has 0 saturated carbocycles. The molecular weight excluding hydrogens is 365 g/mol. The molecule has 1 aliphatic heterocycles. The Balaban J connectivity index is 2.18. The average molecular weight is 371 g/mol. The summed E-state index contributed by atoms with van der Waals surface area (Å²) in [5.74, 6) is -2.10. The van der Waals surface area contributed by atoms with Crippen LogP contribution >= 0.6 is 11.6 Å². The summed E-state index contributed by atoms with van der Waals surface area (Å²) >= 11 is 5.71. The Kier molecular flexibility index (Phi) is 3.76. The van der Waals surface area contributed by atoms with E-state index < -0.39 is 39.9 Å². The molecule has 10 heteroatoms. The number of imide groups is 1. The van der Waals surface area contributed by atoms with E-state index in [2.05, 4.69) is 0 Å². The summed E-state index contributed by atoms with van der Waals surface area (Å²) in [5, 5.41) is 10.7. The summed E-state index contributed by atoms with van der Waals surface area (Å²) in [7, 11) is 0. The number of alkyl halides is 3. The minimum atomic E-state index is -4.83. The van der Waals surface area contributed by atoms with Crippen molar-refractivity contribution in [3.05, 3.63) is 68.2 Å². The standard InChI is InChI=1S/C15H6ClF3N2O4/c16-7-1-4-11(15(17,18)19)12(5-7)20-13(22)9-3-2-8(21(24)25)6-10(9)14(20)23/h1-6H. The molecule has 1 heterocycles. The number of carbonyl (C=O) groups excluding carboxylic acids is 2. The third-order valence-corrected chi connectivity index (χ3v) is 3.82. The molecule has 0 unspecified atom stereocenters. The fourth-order valence-corrected chi connectivity index (χ4v) is 2.66. The van der Waals surface area contributed by atoms with Crippen molar-refractivity contribution in [1.82, 2.24) is 0 Å². The smallest absolute Gasteiger partial charge is 0.268 e. The maximum absolute atomic E-state index is 13.2. The molecule has 2 aromatic carbocycles. The van der Waals surface area contributed by atoms with Crippen molar-refractivity contribution >= 4 is 34.8 Å². The van der Waals surface area contributed by atoms with Gasteiger partial charge in [-0.3, -0.25) is 19.7 Å². The van der Waals surface area contributed by atoms with Gasteiger partial charge in [0.2, 0.25) is 0 Å². The van der Waals surface area contributed by atoms with Crippen molar-refractivity contribution in [1.29, 1.82) is 0 Å². The maximum atomic E-state index is 13.2. The van der Waals surface area contributed by atoms with Crippen LogP contribution in [-0.2, 0) is 6.18 Å². The van der Waals surface area contributed by atoms with Crippen molar-refractivity contribution < 1.29 is 27.7 Å². The summed E-state index contributed by atoms with van der Waals surface area (Å²) < 4.78 is 39.6. The molecule has 6 nitrogen and oxygen atoms in total. The molecule has 128 valence electrons. The molecule has 0 fully saturated rings. The zero-order chi connectivity index (χ0) is 18.5. The van der Waals surface area contributed by atoms with Gasteiger partial charge in [0, 0.05) is 17.2 Å². The molecule has 0 N–H and O–H groups in total. The minimum Gasteiger partial charge on any atom is -0.268 e. The van der Waals surface area contributed by atoms with Crippen LogP contribution in [0.4, 0.5) is 24.5 Å². The number of hydrogen-bond donors (Lipinski definition) is 0. The third-order valence-electron chi connectivity index (χ3n) is 3.59. The van der Waals surface area contributed by atoms with Gasteiger partial charge < -0.3 is 0 Å². The number of halogens is 4. The van der Waals surface area contributed by atoms with Crippen LogP contribution in [0.2, 0.25) is 5.02 Å². The molecule has 1 aliphatic rings. The van der Waals surface area contributed by atoms with Crippen LogP contribution in [0, 0.1) is 10.1 Å². The van der Waals surface area contributed by atoms with Gasteiger partial charge in [-0.15, -0.1) is 0 Å². The van der Waals surface area contributed by atoms with Gasteiger partial charge in [-0.2, -0.15) is 13.2 Å². The van der Waals surface area contributed by atoms with Crippen LogP contribution < -0.4 is 4.90 Å². The SMILES string of the molecule is O=C1c2ccc([N+](=O)[O-])cc2C(=O)N1c1cc(Cl)ccc1C(F)(F)F. The highest BCUT2D eigenvalue weighted by Crippen LogP contribution is 2.41. The monoisotopic (exact) mass is 370 g/mol. The number of non-ortho nitro benzene ring substituents is 1. The molecule has 0 aliphatic carbocycles. The predicted molar refractivity (Wildman–Crippen MR) is 80.7 cm³/mol. The first-order valence-corrected chi connectivity index (χ1v) is 7.03. The summed E-state index contributed by atoms with van der Waals surface area (Å²) in [6.07, 6.45) is -4.83. The first-order valence-electron chi connectivity index (χ1n) is 6.65. The van der Waals surface area contributed by atoms with Gasteiger partial charge in [0.15, 0.2) is 0 Å². The Morgan fingerprint density at radius 3 is 2.24 bits per heavy atom. The number of nitrogens with zero attached hydrogens (tertiary/aromatic N) is 2. The second-order valence-electron chi connectivity index (χ2n) is 5.09. The van der Waals surface area contributed by atoms with E-state index in [1.165, 1.54) is 0 Å². The molecule has 3 rings (SSSR count). The zero-order valence-corrected chi connectivity index (χ0v) is 12.8. The quantitative estimate of drug-likeness (QED) is 0.453. The zero-order valence-electron chi connectivity index (χ0n) is 12.0. The van der Waals surface area contributed by atoms with Gasteiger partial charge in [-0.1, -0.05) is 11.6 Å². The van der Waals surface area contributed by atoms with Crippen LogP contribution in [0.5, 0.6) is 0 Å². The topological polar surface area (TPSA) is 80.5 Å². The molecule has 25 heavy (non-hydrogen) atoms. The Morgan fingerprint density at radius 2 is 1.64 bits per heavy atom. The number of nitro benzene ring substituents is 1. The fourth-order valence-electron chi connectivity index (χ4n) is 2.49. The van der Waals surface area contributed by atoms with Crippen molar-refractivity contribution in [3.8, 4) is 0 Å². The van der Waals surface area contributed by atoms with E-state index in [0.717, 1.165) is 30.3 Å². The number of hydrogen-bond acceptors (Lipinski definition) is 4. The molecule has 0 atom stereocenters. The fraction of sp³-hybridized carbons (Fsp3) is 0.0667. The third kappa shape index (κ3) is 2.72.